The Kier molecular flexibility index (Phi) is 5.13. The first-order valence-electron chi connectivity index (χ1n) is 5.34. The highest BCUT2D eigenvalue weighted by Crippen LogP contribution is 2.13. The van der Waals surface area contributed by atoms with Crippen LogP contribution < -0.4 is 0 Å². The van der Waals surface area contributed by atoms with Crippen LogP contribution in [0.4, 0.5) is 0 Å². The Hall–Kier alpha value is -0.570. The van der Waals surface area contributed by atoms with Gasteiger partial charge in [0.05, 0.1) is 19.6 Å². The van der Waals surface area contributed by atoms with E-state index < -0.39 is 5.97 Å². The second-order valence-corrected chi connectivity index (χ2v) is 5.03. The van der Waals surface area contributed by atoms with Crippen molar-refractivity contribution in [3.05, 3.63) is 0 Å². The molecule has 1 N–H and O–H groups in total. The average Bonchev–Trinajstić information content (AvgIpc) is 1.99. The largest absolute Gasteiger partial charge is 0.477 e. The predicted molar refractivity (Wildman–Crippen MR) is 58.1 cm³/mol. The molecule has 0 aromatic carbocycles. The monoisotopic (exact) mass is 202 g/mol. The third-order valence-corrected chi connectivity index (χ3v) is 2.96. The van der Waals surface area contributed by atoms with Crippen LogP contribution in [-0.4, -0.2) is 41.7 Å². The summed E-state index contributed by atoms with van der Waals surface area (Å²) in [4.78, 5) is 10.7. The van der Waals surface area contributed by atoms with Gasteiger partial charge in [-0.15, -0.1) is 0 Å². The fourth-order valence-corrected chi connectivity index (χ4v) is 1.38. The van der Waals surface area contributed by atoms with E-state index in [9.17, 15) is 4.79 Å². The summed E-state index contributed by atoms with van der Waals surface area (Å²) in [6, 6.07) is 0.366. The number of hydrogen-bond acceptors (Lipinski definition) is 1. The molecule has 0 aromatic rings. The van der Waals surface area contributed by atoms with Gasteiger partial charge in [0.15, 0.2) is 6.54 Å². The Bertz CT molecular complexity index is 190. The number of carbonyl (C=O) groups is 1. The molecule has 0 aliphatic heterocycles. The van der Waals surface area contributed by atoms with E-state index in [0.717, 1.165) is 13.0 Å². The lowest BCUT2D eigenvalue weighted by Gasteiger charge is -2.37. The van der Waals surface area contributed by atoms with Gasteiger partial charge in [0.2, 0.25) is 0 Å². The quantitative estimate of drug-likeness (QED) is 0.669. The van der Waals surface area contributed by atoms with Crippen molar-refractivity contribution in [1.82, 2.24) is 0 Å². The van der Waals surface area contributed by atoms with Gasteiger partial charge >= 0.3 is 5.97 Å². The molecular formula is C11H24NO2+. The van der Waals surface area contributed by atoms with Gasteiger partial charge in [0, 0.05) is 0 Å². The Balaban J connectivity index is 4.31. The summed E-state index contributed by atoms with van der Waals surface area (Å²) < 4.78 is 0.632. The molecule has 0 aliphatic carbocycles. The van der Waals surface area contributed by atoms with Crippen LogP contribution >= 0.6 is 0 Å². The average molecular weight is 202 g/mol. The molecule has 0 heterocycles. The first kappa shape index (κ1) is 13.4. The second kappa shape index (κ2) is 5.35. The normalized spacial score (nSPS) is 15.9. The Morgan fingerprint density at radius 3 is 2.07 bits per heavy atom. The van der Waals surface area contributed by atoms with Crippen molar-refractivity contribution in [2.75, 3.05) is 20.1 Å². The fraction of sp³-hybridized carbons (Fsp3) is 0.909. The predicted octanol–water partition coefficient (Wildman–Crippen LogP) is 1.97. The van der Waals surface area contributed by atoms with Gasteiger partial charge in [-0.3, -0.25) is 0 Å². The van der Waals surface area contributed by atoms with Crippen molar-refractivity contribution in [3.63, 3.8) is 0 Å². The number of carboxylic acids is 1. The number of rotatable bonds is 6. The van der Waals surface area contributed by atoms with E-state index >= 15 is 0 Å². The highest BCUT2D eigenvalue weighted by atomic mass is 16.4. The Labute approximate surface area is 87.3 Å². The third kappa shape index (κ3) is 4.61. The zero-order chi connectivity index (χ0) is 11.4. The lowest BCUT2D eigenvalue weighted by Crippen LogP contribution is -2.53. The van der Waals surface area contributed by atoms with Crippen molar-refractivity contribution in [2.24, 2.45) is 5.92 Å². The minimum Gasteiger partial charge on any atom is -0.477 e. The van der Waals surface area contributed by atoms with Crippen LogP contribution in [0, 0.1) is 5.92 Å². The van der Waals surface area contributed by atoms with Crippen molar-refractivity contribution in [2.45, 2.75) is 40.2 Å². The molecule has 0 saturated carbocycles. The third-order valence-electron chi connectivity index (χ3n) is 2.96. The zero-order valence-corrected chi connectivity index (χ0v) is 10.1. The number of nitrogens with zero attached hydrogens (tertiary/aromatic N) is 1. The standard InChI is InChI=1S/C11H23NO2/c1-9(2)6-7-12(5,10(3)4)8-11(13)14/h9-10H,6-8H2,1-5H3/p+1. The number of quaternary nitrogens is 1. The highest BCUT2D eigenvalue weighted by molar-refractivity contribution is 5.67. The summed E-state index contributed by atoms with van der Waals surface area (Å²) in [5.41, 5.74) is 0. The SMILES string of the molecule is CC(C)CC[N+](C)(CC(=O)O)C(C)C. The van der Waals surface area contributed by atoms with Crippen LogP contribution in [0.5, 0.6) is 0 Å². The first-order chi connectivity index (χ1) is 6.28. The van der Waals surface area contributed by atoms with Gasteiger partial charge in [-0.1, -0.05) is 13.8 Å². The van der Waals surface area contributed by atoms with Crippen molar-refractivity contribution < 1.29 is 14.4 Å². The molecule has 0 aliphatic rings. The van der Waals surface area contributed by atoms with E-state index in [0.29, 0.717) is 16.4 Å². The summed E-state index contributed by atoms with van der Waals surface area (Å²) >= 11 is 0. The Morgan fingerprint density at radius 2 is 1.79 bits per heavy atom. The van der Waals surface area contributed by atoms with Crippen molar-refractivity contribution >= 4 is 5.97 Å². The number of likely N-dealkylation sites (N-methyl/N-ethyl adjacent to an activating group) is 1. The molecule has 3 nitrogen and oxygen atoms in total. The summed E-state index contributed by atoms with van der Waals surface area (Å²) in [5.74, 6) is -0.0649. The molecule has 0 radical (unpaired) electrons. The van der Waals surface area contributed by atoms with E-state index in [-0.39, 0.29) is 6.54 Å². The molecule has 0 rings (SSSR count). The van der Waals surface area contributed by atoms with Gasteiger partial charge in [-0.05, 0) is 26.2 Å². The number of aliphatic carboxylic acids is 1. The highest BCUT2D eigenvalue weighted by Gasteiger charge is 2.28. The first-order valence-corrected chi connectivity index (χ1v) is 5.34. The number of hydrogen-bond donors (Lipinski definition) is 1. The lowest BCUT2D eigenvalue weighted by molar-refractivity contribution is -0.923. The molecule has 0 spiro atoms. The van der Waals surface area contributed by atoms with Gasteiger partial charge < -0.3 is 9.59 Å². The van der Waals surface area contributed by atoms with Crippen molar-refractivity contribution in [1.29, 1.82) is 0 Å². The van der Waals surface area contributed by atoms with E-state index in [1.807, 2.05) is 7.05 Å². The molecule has 1 atom stereocenters. The van der Waals surface area contributed by atoms with Crippen LogP contribution in [0.3, 0.4) is 0 Å². The maximum Gasteiger partial charge on any atom is 0.359 e. The summed E-state index contributed by atoms with van der Waals surface area (Å²) in [6.45, 7) is 9.69. The van der Waals surface area contributed by atoms with E-state index in [4.69, 9.17) is 5.11 Å². The van der Waals surface area contributed by atoms with Crippen LogP contribution in [0.2, 0.25) is 0 Å². The molecule has 3 heteroatoms. The fourth-order valence-electron chi connectivity index (χ4n) is 1.38. The zero-order valence-electron chi connectivity index (χ0n) is 10.1. The van der Waals surface area contributed by atoms with Gasteiger partial charge in [0.25, 0.3) is 0 Å². The van der Waals surface area contributed by atoms with Crippen LogP contribution in [0.25, 0.3) is 0 Å². The molecule has 0 saturated heterocycles. The summed E-state index contributed by atoms with van der Waals surface area (Å²) in [5, 5.41) is 8.85. The minimum atomic E-state index is -0.704. The lowest BCUT2D eigenvalue weighted by atomic mass is 10.1. The molecule has 0 amide bonds. The van der Waals surface area contributed by atoms with E-state index in [1.165, 1.54) is 0 Å². The van der Waals surface area contributed by atoms with Crippen LogP contribution in [0.1, 0.15) is 34.1 Å². The number of carboxylic acid groups (broad SMARTS) is 1. The maximum absolute atomic E-state index is 10.7. The van der Waals surface area contributed by atoms with Crippen LogP contribution in [0.15, 0.2) is 0 Å². The van der Waals surface area contributed by atoms with E-state index in [1.54, 1.807) is 0 Å². The van der Waals surface area contributed by atoms with Gasteiger partial charge in [0.1, 0.15) is 0 Å². The maximum atomic E-state index is 10.7. The topological polar surface area (TPSA) is 37.3 Å². The Morgan fingerprint density at radius 1 is 1.29 bits per heavy atom. The second-order valence-electron chi connectivity index (χ2n) is 5.03. The summed E-state index contributed by atoms with van der Waals surface area (Å²) in [6.07, 6.45) is 1.09. The van der Waals surface area contributed by atoms with Crippen LogP contribution in [-0.2, 0) is 4.79 Å². The van der Waals surface area contributed by atoms with Crippen molar-refractivity contribution in [3.8, 4) is 0 Å². The molecule has 1 unspecified atom stereocenters. The van der Waals surface area contributed by atoms with E-state index in [2.05, 4.69) is 27.7 Å². The smallest absolute Gasteiger partial charge is 0.359 e. The molecule has 14 heavy (non-hydrogen) atoms. The van der Waals surface area contributed by atoms with Gasteiger partial charge in [-0.2, -0.15) is 0 Å². The molecule has 0 aromatic heterocycles. The molecular weight excluding hydrogens is 178 g/mol. The molecule has 0 fully saturated rings. The molecule has 84 valence electrons. The van der Waals surface area contributed by atoms with Gasteiger partial charge in [-0.25, -0.2) is 4.79 Å². The minimum absolute atomic E-state index is 0.227. The molecule has 0 bridgehead atoms. The summed E-state index contributed by atoms with van der Waals surface area (Å²) in [7, 11) is 2.03.